The van der Waals surface area contributed by atoms with Crippen LogP contribution in [0.4, 0.5) is 0 Å². The highest BCUT2D eigenvalue weighted by Crippen LogP contribution is 2.16. The zero-order chi connectivity index (χ0) is 13.0. The van der Waals surface area contributed by atoms with Crippen LogP contribution < -0.4 is 10.9 Å². The highest BCUT2D eigenvalue weighted by molar-refractivity contribution is 7.85. The molecule has 96 valence electrons. The maximum atomic E-state index is 11.7. The first-order valence-electron chi connectivity index (χ1n) is 5.45. The zero-order valence-electron chi connectivity index (χ0n) is 10.3. The van der Waals surface area contributed by atoms with E-state index in [4.69, 9.17) is 10.9 Å². The molecule has 0 aromatic carbocycles. The Balaban J connectivity index is 2.71. The second-order valence-electron chi connectivity index (χ2n) is 4.37. The van der Waals surface area contributed by atoms with Crippen LogP contribution in [-0.2, 0) is 15.7 Å². The van der Waals surface area contributed by atoms with Gasteiger partial charge in [0, 0.05) is 26.0 Å². The molecule has 1 amide bonds. The molecular formula is C11H19N3OS2. The van der Waals surface area contributed by atoms with Crippen LogP contribution in [0.25, 0.3) is 0 Å². The number of rotatable bonds is 4. The quantitative estimate of drug-likeness (QED) is 0.880. The minimum atomic E-state index is -0.872. The lowest BCUT2D eigenvalue weighted by Crippen LogP contribution is -2.31. The molecule has 0 saturated heterocycles. The number of nitrogens with two attached hydrogens (primary N) is 2. The maximum absolute atomic E-state index is 11.7. The van der Waals surface area contributed by atoms with Crippen LogP contribution in [0.5, 0.6) is 0 Å². The summed E-state index contributed by atoms with van der Waals surface area (Å²) in [4.78, 5) is 13.8. The Hall–Kier alpha value is -0.560. The molecule has 1 aromatic heterocycles. The molecule has 0 aliphatic heterocycles. The summed E-state index contributed by atoms with van der Waals surface area (Å²) in [6.45, 7) is 6.05. The topological polar surface area (TPSA) is 81.5 Å². The van der Waals surface area contributed by atoms with Gasteiger partial charge in [-0.1, -0.05) is 13.8 Å². The van der Waals surface area contributed by atoms with E-state index in [2.05, 4.69) is 4.36 Å². The van der Waals surface area contributed by atoms with Gasteiger partial charge in [0.25, 0.3) is 5.91 Å². The smallest absolute Gasteiger partial charge is 0.269 e. The number of nitrogens with zero attached hydrogens (tertiary/aromatic N) is 1. The fourth-order valence-corrected chi connectivity index (χ4v) is 3.27. The SMILES string of the molecule is Cc1cc(S(N)=NC(=O)C(N)CC(C)C)cs1. The van der Waals surface area contributed by atoms with Gasteiger partial charge >= 0.3 is 0 Å². The van der Waals surface area contributed by atoms with Crippen molar-refractivity contribution in [1.29, 1.82) is 0 Å². The Morgan fingerprint density at radius 3 is 2.71 bits per heavy atom. The molecule has 0 radical (unpaired) electrons. The predicted molar refractivity (Wildman–Crippen MR) is 73.7 cm³/mol. The Kier molecular flexibility index (Phi) is 5.45. The van der Waals surface area contributed by atoms with Gasteiger partial charge in [-0.15, -0.1) is 11.3 Å². The van der Waals surface area contributed by atoms with E-state index in [1.54, 1.807) is 11.3 Å². The fraction of sp³-hybridized carbons (Fsp3) is 0.545. The van der Waals surface area contributed by atoms with Gasteiger partial charge in [0.15, 0.2) is 0 Å². The van der Waals surface area contributed by atoms with Gasteiger partial charge in [0.05, 0.1) is 6.04 Å². The third-order valence-corrected chi connectivity index (χ3v) is 4.28. The first kappa shape index (κ1) is 14.5. The van der Waals surface area contributed by atoms with Crippen molar-refractivity contribution in [2.45, 2.75) is 38.1 Å². The van der Waals surface area contributed by atoms with Gasteiger partial charge in [-0.25, -0.2) is 0 Å². The standard InChI is InChI=1S/C11H19N3OS2/c1-7(2)4-10(12)11(15)14-17(13)9-5-8(3)16-6-9/h5-7,10H,4,12H2,1-3H3,(H2,13,14,15). The second kappa shape index (κ2) is 6.39. The lowest BCUT2D eigenvalue weighted by molar-refractivity contribution is -0.119. The van der Waals surface area contributed by atoms with Gasteiger partial charge in [-0.2, -0.15) is 4.36 Å². The maximum Gasteiger partial charge on any atom is 0.269 e. The van der Waals surface area contributed by atoms with Crippen molar-refractivity contribution in [2.24, 2.45) is 21.2 Å². The van der Waals surface area contributed by atoms with E-state index >= 15 is 0 Å². The molecule has 17 heavy (non-hydrogen) atoms. The molecule has 0 fully saturated rings. The first-order chi connectivity index (χ1) is 7.90. The van der Waals surface area contributed by atoms with Gasteiger partial charge < -0.3 is 5.73 Å². The summed E-state index contributed by atoms with van der Waals surface area (Å²) < 4.78 is 3.96. The monoisotopic (exact) mass is 273 g/mol. The normalized spacial score (nSPS) is 15.2. The van der Waals surface area contributed by atoms with Crippen LogP contribution in [0.1, 0.15) is 25.1 Å². The molecule has 4 N–H and O–H groups in total. The Morgan fingerprint density at radius 1 is 1.59 bits per heavy atom. The van der Waals surface area contributed by atoms with E-state index in [-0.39, 0.29) is 5.91 Å². The number of hydrogen-bond acceptors (Lipinski definition) is 3. The van der Waals surface area contributed by atoms with Crippen LogP contribution in [0.15, 0.2) is 20.7 Å². The molecule has 0 aliphatic rings. The van der Waals surface area contributed by atoms with Crippen LogP contribution in [0.3, 0.4) is 0 Å². The third kappa shape index (κ3) is 4.67. The number of thiophene rings is 1. The highest BCUT2D eigenvalue weighted by atomic mass is 32.2. The van der Waals surface area contributed by atoms with Crippen LogP contribution in [-0.4, -0.2) is 11.9 Å². The number of aryl methyl sites for hydroxylation is 1. The Bertz CT molecular complexity index is 426. The van der Waals surface area contributed by atoms with Crippen LogP contribution in [0.2, 0.25) is 0 Å². The van der Waals surface area contributed by atoms with Crippen molar-refractivity contribution in [2.75, 3.05) is 0 Å². The van der Waals surface area contributed by atoms with Gasteiger partial charge in [0.2, 0.25) is 0 Å². The number of amides is 1. The van der Waals surface area contributed by atoms with E-state index in [0.29, 0.717) is 12.3 Å². The predicted octanol–water partition coefficient (Wildman–Crippen LogP) is 1.99. The number of hydrogen-bond donors (Lipinski definition) is 2. The molecule has 0 saturated carbocycles. The lowest BCUT2D eigenvalue weighted by Gasteiger charge is -2.10. The minimum absolute atomic E-state index is 0.298. The summed E-state index contributed by atoms with van der Waals surface area (Å²) in [6, 6.07) is 1.42. The lowest BCUT2D eigenvalue weighted by atomic mass is 10.0. The number of carbonyl (C=O) groups is 1. The van der Waals surface area contributed by atoms with Crippen molar-refractivity contribution in [1.82, 2.24) is 0 Å². The minimum Gasteiger partial charge on any atom is -0.320 e. The van der Waals surface area contributed by atoms with E-state index in [1.807, 2.05) is 32.2 Å². The summed E-state index contributed by atoms with van der Waals surface area (Å²) in [5, 5.41) is 7.80. The molecular weight excluding hydrogens is 254 g/mol. The molecule has 2 atom stereocenters. The Morgan fingerprint density at radius 2 is 2.24 bits per heavy atom. The van der Waals surface area contributed by atoms with Gasteiger partial charge in [-0.05, 0) is 25.3 Å². The highest BCUT2D eigenvalue weighted by Gasteiger charge is 2.15. The number of carbonyl (C=O) groups excluding carboxylic acids is 1. The van der Waals surface area contributed by atoms with Crippen molar-refractivity contribution < 1.29 is 4.79 Å². The summed E-state index contributed by atoms with van der Waals surface area (Å²) in [7, 11) is -0.872. The van der Waals surface area contributed by atoms with E-state index < -0.39 is 16.9 Å². The molecule has 1 aromatic rings. The molecule has 0 spiro atoms. The molecule has 0 bridgehead atoms. The third-order valence-electron chi connectivity index (χ3n) is 2.18. The van der Waals surface area contributed by atoms with E-state index in [1.165, 1.54) is 0 Å². The van der Waals surface area contributed by atoms with Crippen LogP contribution >= 0.6 is 11.3 Å². The Labute approximate surface area is 109 Å². The molecule has 6 heteroatoms. The average Bonchev–Trinajstić information content (AvgIpc) is 2.63. The van der Waals surface area contributed by atoms with Crippen molar-refractivity contribution >= 4 is 28.1 Å². The molecule has 2 unspecified atom stereocenters. The van der Waals surface area contributed by atoms with Gasteiger partial charge in [-0.3, -0.25) is 9.93 Å². The fourth-order valence-electron chi connectivity index (χ4n) is 1.36. The van der Waals surface area contributed by atoms with E-state index in [9.17, 15) is 4.79 Å². The summed E-state index contributed by atoms with van der Waals surface area (Å²) in [5.74, 6) is 0.0838. The molecule has 1 rings (SSSR count). The largest absolute Gasteiger partial charge is 0.320 e. The summed E-state index contributed by atoms with van der Waals surface area (Å²) in [5.41, 5.74) is 5.76. The first-order valence-corrected chi connectivity index (χ1v) is 7.57. The van der Waals surface area contributed by atoms with E-state index in [0.717, 1.165) is 9.77 Å². The van der Waals surface area contributed by atoms with Crippen molar-refractivity contribution in [3.63, 3.8) is 0 Å². The second-order valence-corrected chi connectivity index (χ2v) is 6.77. The van der Waals surface area contributed by atoms with Crippen molar-refractivity contribution in [3.05, 3.63) is 16.3 Å². The van der Waals surface area contributed by atoms with Crippen LogP contribution in [0, 0.1) is 12.8 Å². The summed E-state index contributed by atoms with van der Waals surface area (Å²) in [6.07, 6.45) is 0.641. The van der Waals surface area contributed by atoms with Crippen molar-refractivity contribution in [3.8, 4) is 0 Å². The molecule has 0 aliphatic carbocycles. The zero-order valence-corrected chi connectivity index (χ0v) is 12.0. The summed E-state index contributed by atoms with van der Waals surface area (Å²) >= 11 is 1.60. The van der Waals surface area contributed by atoms with Gasteiger partial charge in [0.1, 0.15) is 0 Å². The molecule has 4 nitrogen and oxygen atoms in total. The average molecular weight is 273 g/mol. The molecule has 1 heterocycles.